The minimum absolute atomic E-state index is 0.0980. The molecule has 0 saturated carbocycles. The Labute approximate surface area is 143 Å². The molecule has 2 N–H and O–H groups in total. The first kappa shape index (κ1) is 14.0. The molecule has 0 fully saturated rings. The average molecular weight is 328 g/mol. The van der Waals surface area contributed by atoms with Crippen molar-refractivity contribution in [2.24, 2.45) is 0 Å². The fourth-order valence-corrected chi connectivity index (χ4v) is 3.81. The maximum atomic E-state index is 12.7. The third-order valence-electron chi connectivity index (χ3n) is 5.02. The van der Waals surface area contributed by atoms with Crippen LogP contribution in [0.2, 0.25) is 0 Å². The van der Waals surface area contributed by atoms with Gasteiger partial charge in [0.1, 0.15) is 12.0 Å². The predicted molar refractivity (Wildman–Crippen MR) is 99.1 cm³/mol. The van der Waals surface area contributed by atoms with Crippen LogP contribution in [0.5, 0.6) is 0 Å². The molecule has 3 aromatic heterocycles. The van der Waals surface area contributed by atoms with Gasteiger partial charge in [0.2, 0.25) is 0 Å². The highest BCUT2D eigenvalue weighted by molar-refractivity contribution is 6.15. The third-order valence-corrected chi connectivity index (χ3v) is 5.02. The molecule has 25 heavy (non-hydrogen) atoms. The number of nitrogens with zero attached hydrogens (tertiary/aromatic N) is 2. The number of hydrogen-bond acceptors (Lipinski definition) is 2. The lowest BCUT2D eigenvalue weighted by molar-refractivity contribution is 0.0955. The highest BCUT2D eigenvalue weighted by Gasteiger charge is 2.19. The van der Waals surface area contributed by atoms with E-state index in [-0.39, 0.29) is 5.91 Å². The van der Waals surface area contributed by atoms with Gasteiger partial charge < -0.3 is 9.97 Å². The molecule has 5 nitrogen and oxygen atoms in total. The zero-order valence-electron chi connectivity index (χ0n) is 13.9. The number of aryl methyl sites for hydroxylation is 2. The lowest BCUT2D eigenvalue weighted by atomic mass is 10.0. The maximum absolute atomic E-state index is 12.7. The number of H-pyrrole nitrogens is 2. The summed E-state index contributed by atoms with van der Waals surface area (Å²) in [5.41, 5.74) is 5.95. The van der Waals surface area contributed by atoms with Gasteiger partial charge in [-0.25, -0.2) is 4.98 Å². The van der Waals surface area contributed by atoms with Gasteiger partial charge in [-0.15, -0.1) is 0 Å². The molecule has 5 rings (SSSR count). The van der Waals surface area contributed by atoms with Crippen molar-refractivity contribution in [3.63, 3.8) is 0 Å². The second-order valence-corrected chi connectivity index (χ2v) is 6.42. The molecule has 0 spiro atoms. The zero-order chi connectivity index (χ0) is 17.1. The van der Waals surface area contributed by atoms with Gasteiger partial charge in [-0.1, -0.05) is 18.2 Å². The van der Waals surface area contributed by atoms with E-state index < -0.39 is 0 Å². The smallest absolute Gasteiger partial charge is 0.279 e. The van der Waals surface area contributed by atoms with Crippen molar-refractivity contribution in [1.29, 1.82) is 0 Å². The van der Waals surface area contributed by atoms with Crippen molar-refractivity contribution in [2.45, 2.75) is 13.8 Å². The van der Waals surface area contributed by atoms with Gasteiger partial charge in [0.05, 0.1) is 5.52 Å². The molecule has 0 unspecified atom stereocenters. The Morgan fingerprint density at radius 1 is 1.04 bits per heavy atom. The molecular weight excluding hydrogens is 312 g/mol. The molecule has 0 radical (unpaired) electrons. The molecule has 0 atom stereocenters. The molecule has 2 aromatic carbocycles. The van der Waals surface area contributed by atoms with Crippen LogP contribution in [-0.4, -0.2) is 25.4 Å². The first-order valence-electron chi connectivity index (χ1n) is 8.20. The van der Waals surface area contributed by atoms with Crippen LogP contribution >= 0.6 is 0 Å². The SMILES string of the molecule is Cc1c(C(=O)n2ccnc2)[nH]c2cc3c([nH]c4ccccc43)c(C)c12. The van der Waals surface area contributed by atoms with E-state index >= 15 is 0 Å². The fourth-order valence-electron chi connectivity index (χ4n) is 3.81. The van der Waals surface area contributed by atoms with Gasteiger partial charge >= 0.3 is 0 Å². The van der Waals surface area contributed by atoms with Crippen molar-refractivity contribution < 1.29 is 4.79 Å². The van der Waals surface area contributed by atoms with Crippen LogP contribution in [0.4, 0.5) is 0 Å². The summed E-state index contributed by atoms with van der Waals surface area (Å²) < 4.78 is 1.49. The Hall–Kier alpha value is -3.34. The van der Waals surface area contributed by atoms with E-state index in [9.17, 15) is 4.79 Å². The van der Waals surface area contributed by atoms with Gasteiger partial charge in [0.15, 0.2) is 0 Å². The maximum Gasteiger partial charge on any atom is 0.279 e. The standard InChI is InChI=1S/C20H16N4O/c1-11-17-12(2)19(20(25)24-8-7-21-10-24)23-16(17)9-14-13-5-3-4-6-15(13)22-18(11)14/h3-10,22-23H,1-2H3. The molecule has 0 aliphatic heterocycles. The van der Waals surface area contributed by atoms with Gasteiger partial charge in [-0.05, 0) is 37.1 Å². The number of aromatic amines is 2. The Morgan fingerprint density at radius 3 is 2.68 bits per heavy atom. The van der Waals surface area contributed by atoms with Gasteiger partial charge in [-0.3, -0.25) is 9.36 Å². The zero-order valence-corrected chi connectivity index (χ0v) is 13.9. The number of imidazole rings is 1. The van der Waals surface area contributed by atoms with Gasteiger partial charge in [0, 0.05) is 39.6 Å². The molecule has 0 amide bonds. The molecule has 0 bridgehead atoms. The van der Waals surface area contributed by atoms with Crippen molar-refractivity contribution >= 4 is 38.6 Å². The first-order valence-corrected chi connectivity index (χ1v) is 8.20. The summed E-state index contributed by atoms with van der Waals surface area (Å²) in [7, 11) is 0. The number of aromatic nitrogens is 4. The average Bonchev–Trinajstić information content (AvgIpc) is 3.33. The molecular formula is C20H16N4O. The number of hydrogen-bond donors (Lipinski definition) is 2. The van der Waals surface area contributed by atoms with Gasteiger partial charge in [0.25, 0.3) is 5.91 Å². The number of nitrogens with one attached hydrogen (secondary N) is 2. The van der Waals surface area contributed by atoms with Crippen molar-refractivity contribution in [1.82, 2.24) is 19.5 Å². The van der Waals surface area contributed by atoms with Crippen LogP contribution in [0.3, 0.4) is 0 Å². The normalized spacial score (nSPS) is 11.8. The van der Waals surface area contributed by atoms with Crippen LogP contribution < -0.4 is 0 Å². The summed E-state index contributed by atoms with van der Waals surface area (Å²) in [6.45, 7) is 4.09. The van der Waals surface area contributed by atoms with E-state index in [2.05, 4.69) is 40.1 Å². The van der Waals surface area contributed by atoms with Crippen LogP contribution in [0.25, 0.3) is 32.7 Å². The molecule has 0 aliphatic rings. The quantitative estimate of drug-likeness (QED) is 0.482. The number of benzene rings is 2. The second kappa shape index (κ2) is 4.83. The van der Waals surface area contributed by atoms with E-state index in [1.54, 1.807) is 12.4 Å². The third kappa shape index (κ3) is 1.83. The molecule has 0 aliphatic carbocycles. The number of carbonyl (C=O) groups excluding carboxylic acids is 1. The van der Waals surface area contributed by atoms with E-state index in [0.29, 0.717) is 5.69 Å². The summed E-state index contributed by atoms with van der Waals surface area (Å²) in [5.74, 6) is -0.0980. The fraction of sp³-hybridized carbons (Fsp3) is 0.100. The van der Waals surface area contributed by atoms with E-state index in [4.69, 9.17) is 0 Å². The summed E-state index contributed by atoms with van der Waals surface area (Å²) in [6.07, 6.45) is 4.80. The predicted octanol–water partition coefficient (Wildman–Crippen LogP) is 4.30. The summed E-state index contributed by atoms with van der Waals surface area (Å²) in [4.78, 5) is 23.5. The number of rotatable bonds is 1. The van der Waals surface area contributed by atoms with E-state index in [1.807, 2.05) is 19.1 Å². The van der Waals surface area contributed by atoms with Crippen LogP contribution in [-0.2, 0) is 0 Å². The van der Waals surface area contributed by atoms with Crippen molar-refractivity contribution in [3.8, 4) is 0 Å². The highest BCUT2D eigenvalue weighted by atomic mass is 16.2. The lowest BCUT2D eigenvalue weighted by Crippen LogP contribution is -2.11. The van der Waals surface area contributed by atoms with Crippen LogP contribution in [0, 0.1) is 13.8 Å². The Morgan fingerprint density at radius 2 is 1.88 bits per heavy atom. The topological polar surface area (TPSA) is 66.5 Å². The molecule has 5 heteroatoms. The Balaban J connectivity index is 1.84. The Bertz CT molecular complexity index is 1270. The van der Waals surface area contributed by atoms with Crippen LogP contribution in [0.1, 0.15) is 21.6 Å². The summed E-state index contributed by atoms with van der Waals surface area (Å²) in [6, 6.07) is 10.4. The molecule has 3 heterocycles. The largest absolute Gasteiger partial charge is 0.354 e. The van der Waals surface area contributed by atoms with E-state index in [0.717, 1.165) is 33.1 Å². The lowest BCUT2D eigenvalue weighted by Gasteiger charge is -2.02. The number of carbonyl (C=O) groups is 1. The van der Waals surface area contributed by atoms with Gasteiger partial charge in [-0.2, -0.15) is 0 Å². The van der Waals surface area contributed by atoms with E-state index in [1.165, 1.54) is 21.7 Å². The number of fused-ring (bicyclic) bond motifs is 4. The highest BCUT2D eigenvalue weighted by Crippen LogP contribution is 2.35. The van der Waals surface area contributed by atoms with Crippen LogP contribution in [0.15, 0.2) is 49.1 Å². The number of para-hydroxylation sites is 1. The second-order valence-electron chi connectivity index (χ2n) is 6.42. The minimum Gasteiger partial charge on any atom is -0.354 e. The summed E-state index contributed by atoms with van der Waals surface area (Å²) >= 11 is 0. The first-order chi connectivity index (χ1) is 12.1. The van der Waals surface area contributed by atoms with Crippen molar-refractivity contribution in [2.75, 3.05) is 0 Å². The summed E-state index contributed by atoms with van der Waals surface area (Å²) in [5, 5.41) is 3.46. The molecule has 5 aromatic rings. The minimum atomic E-state index is -0.0980. The molecule has 0 saturated heterocycles. The Kier molecular flexibility index (Phi) is 2.71. The van der Waals surface area contributed by atoms with Crippen molar-refractivity contribution in [3.05, 3.63) is 65.9 Å². The monoisotopic (exact) mass is 328 g/mol. The molecule has 122 valence electrons.